The summed E-state index contributed by atoms with van der Waals surface area (Å²) < 4.78 is 0. The van der Waals surface area contributed by atoms with Gasteiger partial charge in [0.05, 0.1) is 0 Å². The van der Waals surface area contributed by atoms with Gasteiger partial charge in [0.25, 0.3) is 0 Å². The summed E-state index contributed by atoms with van der Waals surface area (Å²) in [7, 11) is 1.50. The Labute approximate surface area is 155 Å². The molecule has 0 spiro atoms. The second-order valence-electron chi connectivity index (χ2n) is 5.90. The Balaban J connectivity index is 0.000000948. The first-order valence-corrected chi connectivity index (χ1v) is 8.79. The van der Waals surface area contributed by atoms with Crippen LogP contribution in [0.4, 0.5) is 0 Å². The lowest BCUT2D eigenvalue weighted by Crippen LogP contribution is -1.85. The molecule has 0 radical (unpaired) electrons. The molecule has 0 atom stereocenters. The Morgan fingerprint density at radius 3 is 0.808 bits per heavy atom. The topological polar surface area (TPSA) is 26.0 Å². The highest BCUT2D eigenvalue weighted by Gasteiger charge is 2.06. The summed E-state index contributed by atoms with van der Waals surface area (Å²) in [5.41, 5.74) is 12.0. The summed E-state index contributed by atoms with van der Waals surface area (Å²) in [6, 6.07) is 38.5. The van der Waals surface area contributed by atoms with Gasteiger partial charge in [0, 0.05) is 0 Å². The van der Waals surface area contributed by atoms with Gasteiger partial charge in [0.2, 0.25) is 0 Å². The van der Waals surface area contributed by atoms with E-state index in [1.165, 1.54) is 40.4 Å². The van der Waals surface area contributed by atoms with E-state index < -0.39 is 0 Å². The van der Waals surface area contributed by atoms with Crippen LogP contribution < -0.4 is 5.73 Å². The molecule has 0 fully saturated rings. The number of hydrogen-bond donors (Lipinski definition) is 1. The third kappa shape index (κ3) is 4.08. The van der Waals surface area contributed by atoms with Gasteiger partial charge in [0.15, 0.2) is 0 Å². The van der Waals surface area contributed by atoms with E-state index in [-0.39, 0.29) is 0 Å². The molecule has 0 saturated heterocycles. The maximum atomic E-state index is 4.50. The molecule has 0 aliphatic heterocycles. The molecule has 0 amide bonds. The quantitative estimate of drug-likeness (QED) is 0.469. The smallest absolute Gasteiger partial charge is 0.0172 e. The average molecular weight is 337 g/mol. The number of hydrogen-bond acceptors (Lipinski definition) is 1. The molecular formula is C25H23N. The van der Waals surface area contributed by atoms with Gasteiger partial charge in [0.1, 0.15) is 0 Å². The summed E-state index contributed by atoms with van der Waals surface area (Å²) in [5, 5.41) is 0. The van der Waals surface area contributed by atoms with Crippen LogP contribution in [-0.2, 0) is 0 Å². The van der Waals surface area contributed by atoms with Crippen LogP contribution >= 0.6 is 0 Å². The van der Waals surface area contributed by atoms with E-state index in [2.05, 4.69) is 115 Å². The Morgan fingerprint density at radius 1 is 0.346 bits per heavy atom. The zero-order valence-electron chi connectivity index (χ0n) is 15.0. The molecule has 128 valence electrons. The van der Waals surface area contributed by atoms with E-state index in [9.17, 15) is 0 Å². The molecule has 0 unspecified atom stereocenters. The standard InChI is InChI=1S/C24H18.CH5N/c1-4-10-19(11-5-1)22-16-23(20-12-6-2-7-13-20)18-24(17-22)21-14-8-3-9-15-21;1-2/h1-18H;2H2,1H3. The molecular weight excluding hydrogens is 314 g/mol. The molecule has 0 bridgehead atoms. The molecule has 1 nitrogen and oxygen atoms in total. The zero-order chi connectivity index (χ0) is 18.2. The van der Waals surface area contributed by atoms with Gasteiger partial charge in [-0.05, 0) is 58.6 Å². The highest BCUT2D eigenvalue weighted by molar-refractivity contribution is 5.81. The molecule has 0 aromatic heterocycles. The fourth-order valence-corrected chi connectivity index (χ4v) is 3.02. The Kier molecular flexibility index (Phi) is 5.97. The monoisotopic (exact) mass is 337 g/mol. The Hall–Kier alpha value is -3.16. The average Bonchev–Trinajstić information content (AvgIpc) is 2.77. The Morgan fingerprint density at radius 2 is 0.577 bits per heavy atom. The SMILES string of the molecule is CN.c1ccc(-c2cc(-c3ccccc3)cc(-c3ccccc3)c2)cc1. The minimum atomic E-state index is 1.24. The van der Waals surface area contributed by atoms with Crippen LogP contribution in [0.25, 0.3) is 33.4 Å². The Bertz CT molecular complexity index is 790. The van der Waals surface area contributed by atoms with Crippen LogP contribution in [0, 0.1) is 0 Å². The summed E-state index contributed by atoms with van der Waals surface area (Å²) >= 11 is 0. The molecule has 0 aliphatic carbocycles. The van der Waals surface area contributed by atoms with Gasteiger partial charge in [-0.25, -0.2) is 0 Å². The van der Waals surface area contributed by atoms with Gasteiger partial charge in [-0.2, -0.15) is 0 Å². The molecule has 1 heteroatoms. The van der Waals surface area contributed by atoms with E-state index in [0.717, 1.165) is 0 Å². The fourth-order valence-electron chi connectivity index (χ4n) is 3.02. The van der Waals surface area contributed by atoms with E-state index in [4.69, 9.17) is 0 Å². The van der Waals surface area contributed by atoms with Crippen LogP contribution in [0.15, 0.2) is 109 Å². The van der Waals surface area contributed by atoms with E-state index in [1.54, 1.807) is 0 Å². The summed E-state index contributed by atoms with van der Waals surface area (Å²) in [6.07, 6.45) is 0. The molecule has 0 saturated carbocycles. The van der Waals surface area contributed by atoms with Crippen molar-refractivity contribution in [3.05, 3.63) is 109 Å². The van der Waals surface area contributed by atoms with Crippen LogP contribution in [0.3, 0.4) is 0 Å². The predicted octanol–water partition coefficient (Wildman–Crippen LogP) is 6.26. The van der Waals surface area contributed by atoms with Gasteiger partial charge in [-0.3, -0.25) is 0 Å². The molecule has 4 aromatic rings. The van der Waals surface area contributed by atoms with Crippen LogP contribution in [0.1, 0.15) is 0 Å². The van der Waals surface area contributed by atoms with Crippen molar-refractivity contribution in [2.24, 2.45) is 5.73 Å². The van der Waals surface area contributed by atoms with Gasteiger partial charge < -0.3 is 5.73 Å². The number of nitrogens with two attached hydrogens (primary N) is 1. The second-order valence-corrected chi connectivity index (χ2v) is 5.90. The number of benzene rings is 4. The molecule has 0 aliphatic rings. The highest BCUT2D eigenvalue weighted by atomic mass is 14.4. The van der Waals surface area contributed by atoms with E-state index >= 15 is 0 Å². The first kappa shape index (κ1) is 17.7. The van der Waals surface area contributed by atoms with Crippen molar-refractivity contribution in [2.75, 3.05) is 7.05 Å². The largest absolute Gasteiger partial charge is 0.333 e. The minimum absolute atomic E-state index is 1.24. The molecule has 0 heterocycles. The molecule has 4 rings (SSSR count). The predicted molar refractivity (Wildman–Crippen MR) is 113 cm³/mol. The van der Waals surface area contributed by atoms with E-state index in [0.29, 0.717) is 0 Å². The third-order valence-corrected chi connectivity index (χ3v) is 4.25. The van der Waals surface area contributed by atoms with Crippen LogP contribution in [0.2, 0.25) is 0 Å². The number of rotatable bonds is 3. The minimum Gasteiger partial charge on any atom is -0.333 e. The van der Waals surface area contributed by atoms with Crippen LogP contribution in [0.5, 0.6) is 0 Å². The van der Waals surface area contributed by atoms with Gasteiger partial charge in [-0.15, -0.1) is 0 Å². The summed E-state index contributed by atoms with van der Waals surface area (Å²) in [4.78, 5) is 0. The second kappa shape index (κ2) is 8.80. The van der Waals surface area contributed by atoms with Crippen molar-refractivity contribution < 1.29 is 0 Å². The maximum Gasteiger partial charge on any atom is -0.0172 e. The summed E-state index contributed by atoms with van der Waals surface area (Å²) in [5.74, 6) is 0. The maximum absolute atomic E-state index is 4.50. The lowest BCUT2D eigenvalue weighted by molar-refractivity contribution is 1.48. The van der Waals surface area contributed by atoms with Gasteiger partial charge >= 0.3 is 0 Å². The first-order valence-electron chi connectivity index (χ1n) is 8.79. The van der Waals surface area contributed by atoms with E-state index in [1.807, 2.05) is 0 Å². The molecule has 2 N–H and O–H groups in total. The van der Waals surface area contributed by atoms with Crippen molar-refractivity contribution in [1.29, 1.82) is 0 Å². The molecule has 26 heavy (non-hydrogen) atoms. The van der Waals surface area contributed by atoms with Crippen molar-refractivity contribution in [1.82, 2.24) is 0 Å². The van der Waals surface area contributed by atoms with Crippen molar-refractivity contribution >= 4 is 0 Å². The molecule has 4 aromatic carbocycles. The zero-order valence-corrected chi connectivity index (χ0v) is 15.0. The van der Waals surface area contributed by atoms with Gasteiger partial charge in [-0.1, -0.05) is 91.0 Å². The van der Waals surface area contributed by atoms with Crippen molar-refractivity contribution in [3.63, 3.8) is 0 Å². The lowest BCUT2D eigenvalue weighted by atomic mass is 9.93. The van der Waals surface area contributed by atoms with Crippen LogP contribution in [-0.4, -0.2) is 7.05 Å². The highest BCUT2D eigenvalue weighted by Crippen LogP contribution is 2.32. The first-order chi connectivity index (χ1) is 12.9. The third-order valence-electron chi connectivity index (χ3n) is 4.25. The lowest BCUT2D eigenvalue weighted by Gasteiger charge is -2.11. The van der Waals surface area contributed by atoms with Crippen molar-refractivity contribution in [3.8, 4) is 33.4 Å². The normalized spacial score (nSPS) is 9.92. The summed E-state index contributed by atoms with van der Waals surface area (Å²) in [6.45, 7) is 0. The fraction of sp³-hybridized carbons (Fsp3) is 0.0400. The van der Waals surface area contributed by atoms with Crippen molar-refractivity contribution in [2.45, 2.75) is 0 Å².